The summed E-state index contributed by atoms with van der Waals surface area (Å²) in [7, 11) is 2.99. The smallest absolute Gasteiger partial charge is 0.165 e. The summed E-state index contributed by atoms with van der Waals surface area (Å²) in [6, 6.07) is 9.80. The number of halogens is 1. The van der Waals surface area contributed by atoms with E-state index in [1.807, 2.05) is 0 Å². The largest absolute Gasteiger partial charge is 0.497 e. The van der Waals surface area contributed by atoms with Crippen molar-refractivity contribution in [2.24, 2.45) is 0 Å². The van der Waals surface area contributed by atoms with Crippen molar-refractivity contribution in [2.75, 3.05) is 20.0 Å². The molecule has 0 aliphatic heterocycles. The lowest BCUT2D eigenvalue weighted by molar-refractivity contribution is 0.304. The van der Waals surface area contributed by atoms with E-state index in [1.165, 1.54) is 13.2 Å². The maximum absolute atomic E-state index is 13.5. The van der Waals surface area contributed by atoms with Crippen molar-refractivity contribution in [3.8, 4) is 17.2 Å². The lowest BCUT2D eigenvalue weighted by Crippen LogP contribution is -2.00. The molecule has 2 N–H and O–H groups in total. The number of anilines is 1. The predicted octanol–water partition coefficient (Wildman–Crippen LogP) is 3.00. The molecular formula is C15H16FNO3. The van der Waals surface area contributed by atoms with Crippen molar-refractivity contribution in [1.29, 1.82) is 0 Å². The Hall–Kier alpha value is -2.43. The maximum atomic E-state index is 13.5. The SMILES string of the molecule is COc1ccc(N)c(OCc2ccc(OC)c(F)c2)c1. The minimum absolute atomic E-state index is 0.203. The van der Waals surface area contributed by atoms with Gasteiger partial charge in [0.25, 0.3) is 0 Å². The van der Waals surface area contributed by atoms with Crippen molar-refractivity contribution >= 4 is 5.69 Å². The van der Waals surface area contributed by atoms with Gasteiger partial charge in [0.2, 0.25) is 0 Å². The lowest BCUT2D eigenvalue weighted by atomic mass is 10.2. The van der Waals surface area contributed by atoms with Gasteiger partial charge in [-0.25, -0.2) is 4.39 Å². The highest BCUT2D eigenvalue weighted by Crippen LogP contribution is 2.28. The summed E-state index contributed by atoms with van der Waals surface area (Å²) >= 11 is 0. The fraction of sp³-hybridized carbons (Fsp3) is 0.200. The van der Waals surface area contributed by atoms with Crippen LogP contribution in [0.25, 0.3) is 0 Å². The zero-order chi connectivity index (χ0) is 14.5. The molecule has 0 atom stereocenters. The summed E-state index contributed by atoms with van der Waals surface area (Å²) in [5.41, 5.74) is 6.99. The summed E-state index contributed by atoms with van der Waals surface area (Å²) in [5, 5.41) is 0. The van der Waals surface area contributed by atoms with Crippen molar-refractivity contribution < 1.29 is 18.6 Å². The average molecular weight is 277 g/mol. The Bertz CT molecular complexity index is 602. The summed E-state index contributed by atoms with van der Waals surface area (Å²) in [6.07, 6.45) is 0. The van der Waals surface area contributed by atoms with Crippen LogP contribution in [0.2, 0.25) is 0 Å². The Balaban J connectivity index is 2.10. The molecule has 0 aromatic heterocycles. The molecule has 2 rings (SSSR count). The molecule has 2 aromatic rings. The van der Waals surface area contributed by atoms with Gasteiger partial charge >= 0.3 is 0 Å². The molecular weight excluding hydrogens is 261 g/mol. The van der Waals surface area contributed by atoms with Gasteiger partial charge in [-0.15, -0.1) is 0 Å². The number of rotatable bonds is 5. The first-order valence-corrected chi connectivity index (χ1v) is 6.02. The molecule has 0 saturated carbocycles. The first-order valence-electron chi connectivity index (χ1n) is 6.02. The molecule has 0 radical (unpaired) electrons. The Morgan fingerprint density at radius 2 is 1.80 bits per heavy atom. The van der Waals surface area contributed by atoms with Gasteiger partial charge in [0.05, 0.1) is 19.9 Å². The second kappa shape index (κ2) is 6.14. The van der Waals surface area contributed by atoms with Gasteiger partial charge in [-0.2, -0.15) is 0 Å². The Morgan fingerprint density at radius 1 is 1.00 bits per heavy atom. The van der Waals surface area contributed by atoms with Crippen molar-refractivity contribution in [1.82, 2.24) is 0 Å². The normalized spacial score (nSPS) is 10.2. The van der Waals surface area contributed by atoms with E-state index in [0.29, 0.717) is 22.7 Å². The zero-order valence-corrected chi connectivity index (χ0v) is 11.4. The van der Waals surface area contributed by atoms with Gasteiger partial charge < -0.3 is 19.9 Å². The molecule has 0 amide bonds. The molecule has 0 aliphatic carbocycles. The molecule has 106 valence electrons. The van der Waals surface area contributed by atoms with Crippen LogP contribution in [0.4, 0.5) is 10.1 Å². The molecule has 0 unspecified atom stereocenters. The maximum Gasteiger partial charge on any atom is 0.165 e. The summed E-state index contributed by atoms with van der Waals surface area (Å²) in [6.45, 7) is 0.207. The second-order valence-corrected chi connectivity index (χ2v) is 4.16. The minimum Gasteiger partial charge on any atom is -0.497 e. The Morgan fingerprint density at radius 3 is 2.45 bits per heavy atom. The molecule has 0 aliphatic rings. The number of nitrogen functional groups attached to an aromatic ring is 1. The summed E-state index contributed by atoms with van der Waals surface area (Å²) in [4.78, 5) is 0. The highest BCUT2D eigenvalue weighted by Gasteiger charge is 2.06. The summed E-state index contributed by atoms with van der Waals surface area (Å²) < 4.78 is 29.1. The molecule has 2 aromatic carbocycles. The number of benzene rings is 2. The van der Waals surface area contributed by atoms with Crippen molar-refractivity contribution in [3.63, 3.8) is 0 Å². The highest BCUT2D eigenvalue weighted by atomic mass is 19.1. The van der Waals surface area contributed by atoms with E-state index in [-0.39, 0.29) is 12.4 Å². The van der Waals surface area contributed by atoms with Gasteiger partial charge in [-0.3, -0.25) is 0 Å². The van der Waals surface area contributed by atoms with Crippen LogP contribution in [0.15, 0.2) is 36.4 Å². The number of methoxy groups -OCH3 is 2. The van der Waals surface area contributed by atoms with Crippen LogP contribution in [0.1, 0.15) is 5.56 Å². The third-order valence-corrected chi connectivity index (χ3v) is 2.83. The molecule has 0 fully saturated rings. The van der Waals surface area contributed by atoms with E-state index in [4.69, 9.17) is 19.9 Å². The van der Waals surface area contributed by atoms with Crippen LogP contribution in [-0.4, -0.2) is 14.2 Å². The van der Waals surface area contributed by atoms with Gasteiger partial charge in [0.1, 0.15) is 18.1 Å². The van der Waals surface area contributed by atoms with Crippen molar-refractivity contribution in [2.45, 2.75) is 6.61 Å². The Kier molecular flexibility index (Phi) is 4.30. The fourth-order valence-electron chi connectivity index (χ4n) is 1.73. The van der Waals surface area contributed by atoms with Crippen LogP contribution >= 0.6 is 0 Å². The molecule has 0 saturated heterocycles. The van der Waals surface area contributed by atoms with Gasteiger partial charge in [-0.05, 0) is 29.8 Å². The number of ether oxygens (including phenoxy) is 3. The fourth-order valence-corrected chi connectivity index (χ4v) is 1.73. The van der Waals surface area contributed by atoms with E-state index in [2.05, 4.69) is 0 Å². The monoisotopic (exact) mass is 277 g/mol. The predicted molar refractivity (Wildman–Crippen MR) is 74.7 cm³/mol. The highest BCUT2D eigenvalue weighted by molar-refractivity contribution is 5.55. The Labute approximate surface area is 116 Å². The van der Waals surface area contributed by atoms with Gasteiger partial charge in [0, 0.05) is 6.07 Å². The van der Waals surface area contributed by atoms with Gasteiger partial charge in [-0.1, -0.05) is 6.07 Å². The van der Waals surface area contributed by atoms with E-state index in [0.717, 1.165) is 0 Å². The molecule has 0 heterocycles. The molecule has 0 bridgehead atoms. The molecule has 5 heteroatoms. The quantitative estimate of drug-likeness (QED) is 0.854. The molecule has 0 spiro atoms. The average Bonchev–Trinajstić information content (AvgIpc) is 2.46. The van der Waals surface area contributed by atoms with Crippen molar-refractivity contribution in [3.05, 3.63) is 47.8 Å². The minimum atomic E-state index is -0.424. The van der Waals surface area contributed by atoms with Crippen LogP contribution in [0.3, 0.4) is 0 Å². The molecule has 20 heavy (non-hydrogen) atoms. The third kappa shape index (κ3) is 3.12. The third-order valence-electron chi connectivity index (χ3n) is 2.83. The van der Waals surface area contributed by atoms with Crippen LogP contribution < -0.4 is 19.9 Å². The van der Waals surface area contributed by atoms with E-state index in [1.54, 1.807) is 37.4 Å². The number of hydrogen-bond donors (Lipinski definition) is 1. The van der Waals surface area contributed by atoms with Crippen LogP contribution in [-0.2, 0) is 6.61 Å². The molecule has 4 nitrogen and oxygen atoms in total. The topological polar surface area (TPSA) is 53.7 Å². The van der Waals surface area contributed by atoms with Gasteiger partial charge in [0.15, 0.2) is 11.6 Å². The van der Waals surface area contributed by atoms with E-state index < -0.39 is 5.82 Å². The van der Waals surface area contributed by atoms with E-state index >= 15 is 0 Å². The first-order chi connectivity index (χ1) is 9.63. The van der Waals surface area contributed by atoms with E-state index in [9.17, 15) is 4.39 Å². The summed E-state index contributed by atoms with van der Waals surface area (Å²) in [5.74, 6) is 0.928. The lowest BCUT2D eigenvalue weighted by Gasteiger charge is -2.11. The van der Waals surface area contributed by atoms with Crippen LogP contribution in [0, 0.1) is 5.82 Å². The first kappa shape index (κ1) is 14.0. The standard InChI is InChI=1S/C15H16FNO3/c1-18-11-4-5-13(17)15(8-11)20-9-10-3-6-14(19-2)12(16)7-10/h3-8H,9,17H2,1-2H3. The number of hydrogen-bond acceptors (Lipinski definition) is 4. The number of nitrogens with two attached hydrogens (primary N) is 1. The second-order valence-electron chi connectivity index (χ2n) is 4.16. The van der Waals surface area contributed by atoms with Crippen LogP contribution in [0.5, 0.6) is 17.2 Å². The zero-order valence-electron chi connectivity index (χ0n) is 11.4.